The average molecular weight is 219 g/mol. The molecule has 0 saturated carbocycles. The molecule has 2 heterocycles. The lowest BCUT2D eigenvalue weighted by molar-refractivity contribution is 0.0926. The van der Waals surface area contributed by atoms with Gasteiger partial charge < -0.3 is 4.74 Å². The minimum Gasteiger partial charge on any atom is -0.475 e. The fourth-order valence-corrected chi connectivity index (χ4v) is 1.46. The van der Waals surface area contributed by atoms with E-state index in [1.807, 2.05) is 13.8 Å². The van der Waals surface area contributed by atoms with Gasteiger partial charge in [0.2, 0.25) is 11.8 Å². The van der Waals surface area contributed by atoms with Gasteiger partial charge in [-0.15, -0.1) is 0 Å². The molecule has 2 aromatic rings. The van der Waals surface area contributed by atoms with E-state index in [4.69, 9.17) is 4.74 Å². The minimum atomic E-state index is -0.130. The second-order valence-corrected chi connectivity index (χ2v) is 3.82. The Bertz CT molecular complexity index is 531. The van der Waals surface area contributed by atoms with Crippen molar-refractivity contribution >= 4 is 16.8 Å². The standard InChI is InChI=1S/C11H13N3O2/c1-7(2)16-11-4-9-5-13-14(8(3)15)10(9)6-12-11/h4-7H,1-3H3. The van der Waals surface area contributed by atoms with Gasteiger partial charge in [0, 0.05) is 18.4 Å². The molecular formula is C11H13N3O2. The SMILES string of the molecule is CC(=O)n1ncc2cc(OC(C)C)ncc21. The molecule has 0 spiro atoms. The summed E-state index contributed by atoms with van der Waals surface area (Å²) in [5.74, 6) is 0.417. The molecule has 16 heavy (non-hydrogen) atoms. The van der Waals surface area contributed by atoms with E-state index in [-0.39, 0.29) is 12.0 Å². The van der Waals surface area contributed by atoms with Crippen LogP contribution in [0.1, 0.15) is 25.6 Å². The van der Waals surface area contributed by atoms with Crippen molar-refractivity contribution in [1.82, 2.24) is 14.8 Å². The topological polar surface area (TPSA) is 57.0 Å². The van der Waals surface area contributed by atoms with Crippen LogP contribution in [0.4, 0.5) is 0 Å². The number of aromatic nitrogens is 3. The lowest BCUT2D eigenvalue weighted by atomic mass is 10.3. The average Bonchev–Trinajstić information content (AvgIpc) is 2.59. The molecule has 0 amide bonds. The van der Waals surface area contributed by atoms with E-state index in [9.17, 15) is 4.79 Å². The first-order valence-corrected chi connectivity index (χ1v) is 5.09. The number of hydrogen-bond acceptors (Lipinski definition) is 4. The van der Waals surface area contributed by atoms with Crippen molar-refractivity contribution in [2.24, 2.45) is 0 Å². The van der Waals surface area contributed by atoms with Crippen molar-refractivity contribution in [1.29, 1.82) is 0 Å². The Morgan fingerprint density at radius 1 is 1.44 bits per heavy atom. The third-order valence-electron chi connectivity index (χ3n) is 2.08. The molecule has 0 radical (unpaired) electrons. The van der Waals surface area contributed by atoms with E-state index in [1.54, 1.807) is 18.5 Å². The van der Waals surface area contributed by atoms with E-state index >= 15 is 0 Å². The molecule has 2 rings (SSSR count). The van der Waals surface area contributed by atoms with Gasteiger partial charge in [-0.05, 0) is 13.8 Å². The second-order valence-electron chi connectivity index (χ2n) is 3.82. The van der Waals surface area contributed by atoms with Crippen LogP contribution in [0, 0.1) is 0 Å². The van der Waals surface area contributed by atoms with Gasteiger partial charge in [-0.25, -0.2) is 4.98 Å². The van der Waals surface area contributed by atoms with E-state index in [0.29, 0.717) is 11.4 Å². The number of carbonyl (C=O) groups excluding carboxylic acids is 1. The van der Waals surface area contributed by atoms with Crippen LogP contribution in [0.15, 0.2) is 18.5 Å². The van der Waals surface area contributed by atoms with Gasteiger partial charge in [0.05, 0.1) is 24.0 Å². The molecule has 0 bridgehead atoms. The summed E-state index contributed by atoms with van der Waals surface area (Å²) in [5.41, 5.74) is 0.698. The van der Waals surface area contributed by atoms with Crippen LogP contribution in [0.5, 0.6) is 5.88 Å². The highest BCUT2D eigenvalue weighted by atomic mass is 16.5. The summed E-state index contributed by atoms with van der Waals surface area (Å²) in [6.07, 6.45) is 3.31. The Balaban J connectivity index is 2.45. The minimum absolute atomic E-state index is 0.0767. The molecule has 0 fully saturated rings. The van der Waals surface area contributed by atoms with Crippen LogP contribution in [0.2, 0.25) is 0 Å². The summed E-state index contributed by atoms with van der Waals surface area (Å²) >= 11 is 0. The van der Waals surface area contributed by atoms with E-state index in [0.717, 1.165) is 5.39 Å². The smallest absolute Gasteiger partial charge is 0.244 e. The maximum absolute atomic E-state index is 11.2. The third kappa shape index (κ3) is 1.88. The fourth-order valence-electron chi connectivity index (χ4n) is 1.46. The number of rotatable bonds is 2. The van der Waals surface area contributed by atoms with Gasteiger partial charge in [0.1, 0.15) is 0 Å². The lowest BCUT2D eigenvalue weighted by Gasteiger charge is -2.07. The van der Waals surface area contributed by atoms with Gasteiger partial charge in [-0.2, -0.15) is 9.78 Å². The molecule has 0 atom stereocenters. The molecule has 0 unspecified atom stereocenters. The summed E-state index contributed by atoms with van der Waals surface area (Å²) in [5, 5.41) is 4.83. The van der Waals surface area contributed by atoms with Crippen LogP contribution in [0.3, 0.4) is 0 Å². The van der Waals surface area contributed by atoms with Crippen LogP contribution in [-0.2, 0) is 0 Å². The predicted octanol–water partition coefficient (Wildman–Crippen LogP) is 1.88. The number of hydrogen-bond donors (Lipinski definition) is 0. The van der Waals surface area contributed by atoms with E-state index in [1.165, 1.54) is 11.6 Å². The highest BCUT2D eigenvalue weighted by Gasteiger charge is 2.08. The lowest BCUT2D eigenvalue weighted by Crippen LogP contribution is -2.08. The highest BCUT2D eigenvalue weighted by molar-refractivity contribution is 5.89. The Morgan fingerprint density at radius 2 is 2.19 bits per heavy atom. The van der Waals surface area contributed by atoms with Crippen molar-refractivity contribution in [3.8, 4) is 5.88 Å². The van der Waals surface area contributed by atoms with Crippen LogP contribution < -0.4 is 4.74 Å². The molecule has 5 heteroatoms. The first-order valence-electron chi connectivity index (χ1n) is 5.09. The maximum Gasteiger partial charge on any atom is 0.244 e. The van der Waals surface area contributed by atoms with E-state index < -0.39 is 0 Å². The Morgan fingerprint density at radius 3 is 2.81 bits per heavy atom. The summed E-state index contributed by atoms with van der Waals surface area (Å²) in [6, 6.07) is 1.78. The predicted molar refractivity (Wildman–Crippen MR) is 59.6 cm³/mol. The summed E-state index contributed by atoms with van der Waals surface area (Å²) < 4.78 is 6.78. The zero-order valence-corrected chi connectivity index (χ0v) is 9.47. The van der Waals surface area contributed by atoms with Crippen LogP contribution in [0.25, 0.3) is 10.9 Å². The molecule has 0 aliphatic heterocycles. The van der Waals surface area contributed by atoms with Crippen molar-refractivity contribution in [2.75, 3.05) is 0 Å². The third-order valence-corrected chi connectivity index (χ3v) is 2.08. The monoisotopic (exact) mass is 219 g/mol. The number of fused-ring (bicyclic) bond motifs is 1. The summed E-state index contributed by atoms with van der Waals surface area (Å²) in [7, 11) is 0. The van der Waals surface area contributed by atoms with Gasteiger partial charge in [-0.3, -0.25) is 4.79 Å². The maximum atomic E-state index is 11.2. The first-order chi connectivity index (χ1) is 7.58. The molecule has 0 aromatic carbocycles. The van der Waals surface area contributed by atoms with Crippen molar-refractivity contribution < 1.29 is 9.53 Å². The molecule has 0 saturated heterocycles. The zero-order valence-electron chi connectivity index (χ0n) is 9.47. The van der Waals surface area contributed by atoms with E-state index in [2.05, 4.69) is 10.1 Å². The molecular weight excluding hydrogens is 206 g/mol. The van der Waals surface area contributed by atoms with Gasteiger partial charge >= 0.3 is 0 Å². The highest BCUT2D eigenvalue weighted by Crippen LogP contribution is 2.18. The molecule has 0 aliphatic rings. The Kier molecular flexibility index (Phi) is 2.60. The summed E-state index contributed by atoms with van der Waals surface area (Å²) in [4.78, 5) is 15.4. The number of nitrogens with zero attached hydrogens (tertiary/aromatic N) is 3. The van der Waals surface area contributed by atoms with Crippen LogP contribution in [-0.4, -0.2) is 26.8 Å². The molecule has 0 aliphatic carbocycles. The molecule has 5 nitrogen and oxygen atoms in total. The number of pyridine rings is 1. The Labute approximate surface area is 93.0 Å². The van der Waals surface area contributed by atoms with Gasteiger partial charge in [0.25, 0.3) is 0 Å². The molecule has 0 N–H and O–H groups in total. The van der Waals surface area contributed by atoms with Gasteiger partial charge in [-0.1, -0.05) is 0 Å². The van der Waals surface area contributed by atoms with Gasteiger partial charge in [0.15, 0.2) is 0 Å². The molecule has 84 valence electrons. The van der Waals surface area contributed by atoms with Crippen molar-refractivity contribution in [3.63, 3.8) is 0 Å². The number of ether oxygens (including phenoxy) is 1. The van der Waals surface area contributed by atoms with Crippen molar-refractivity contribution in [2.45, 2.75) is 26.9 Å². The fraction of sp³-hybridized carbons (Fsp3) is 0.364. The van der Waals surface area contributed by atoms with Crippen LogP contribution >= 0.6 is 0 Å². The summed E-state index contributed by atoms with van der Waals surface area (Å²) in [6.45, 7) is 5.33. The number of carbonyl (C=O) groups is 1. The Hall–Kier alpha value is -1.91. The quantitative estimate of drug-likeness (QED) is 0.773. The van der Waals surface area contributed by atoms with Crippen molar-refractivity contribution in [3.05, 3.63) is 18.5 Å². The first kappa shape index (κ1) is 10.6. The largest absolute Gasteiger partial charge is 0.475 e. The zero-order chi connectivity index (χ0) is 11.7. The molecule has 2 aromatic heterocycles. The normalized spacial score (nSPS) is 11.0. The second kappa shape index (κ2) is 3.92.